The molecular weight excluding hydrogens is 252 g/mol. The van der Waals surface area contributed by atoms with Crippen molar-refractivity contribution < 1.29 is 13.2 Å². The maximum absolute atomic E-state index is 12.4. The number of hydrogen-bond donors (Lipinski definition) is 1. The summed E-state index contributed by atoms with van der Waals surface area (Å²) in [6.07, 6.45) is 1.82. The molecule has 1 N–H and O–H groups in total. The van der Waals surface area contributed by atoms with Gasteiger partial charge in [0.1, 0.15) is 9.84 Å². The van der Waals surface area contributed by atoms with Crippen LogP contribution in [-0.2, 0) is 14.6 Å². The minimum atomic E-state index is -3.05. The predicted molar refractivity (Wildman–Crippen MR) is 71.9 cm³/mol. The first-order valence-electron chi connectivity index (χ1n) is 6.37. The third kappa shape index (κ3) is 3.23. The Balaban J connectivity index is 2.89. The average Bonchev–Trinajstić information content (AvgIpc) is 2.49. The summed E-state index contributed by atoms with van der Waals surface area (Å²) in [7, 11) is -3.05. The molecular formula is C12H24N2O3S. The van der Waals surface area contributed by atoms with Gasteiger partial charge in [0, 0.05) is 12.8 Å². The maximum atomic E-state index is 12.4. The number of hydrogen-bond acceptors (Lipinski definition) is 4. The molecule has 5 nitrogen and oxygen atoms in total. The molecule has 0 saturated carbocycles. The highest BCUT2D eigenvalue weighted by Crippen LogP contribution is 2.26. The molecule has 0 aromatic carbocycles. The monoisotopic (exact) mass is 276 g/mol. The lowest BCUT2D eigenvalue weighted by Crippen LogP contribution is -2.45. The van der Waals surface area contributed by atoms with Gasteiger partial charge in [-0.15, -0.1) is 0 Å². The van der Waals surface area contributed by atoms with Gasteiger partial charge in [-0.25, -0.2) is 8.42 Å². The molecule has 1 heterocycles. The van der Waals surface area contributed by atoms with E-state index < -0.39 is 15.4 Å². The molecule has 2 unspecified atom stereocenters. The fourth-order valence-corrected chi connectivity index (χ4v) is 2.72. The lowest BCUT2D eigenvalue weighted by molar-refractivity contribution is -0.133. The number of carbonyl (C=O) groups excluding carboxylic acids is 1. The van der Waals surface area contributed by atoms with E-state index in [0.29, 0.717) is 6.42 Å². The van der Waals surface area contributed by atoms with Crippen molar-refractivity contribution in [2.24, 2.45) is 5.92 Å². The first-order valence-corrected chi connectivity index (χ1v) is 8.43. The number of rotatable bonds is 5. The van der Waals surface area contributed by atoms with Crippen LogP contribution in [0.5, 0.6) is 0 Å². The molecule has 0 spiro atoms. The van der Waals surface area contributed by atoms with Crippen LogP contribution in [0, 0.1) is 5.92 Å². The van der Waals surface area contributed by atoms with Crippen molar-refractivity contribution in [1.29, 1.82) is 0 Å². The molecule has 18 heavy (non-hydrogen) atoms. The van der Waals surface area contributed by atoms with Crippen LogP contribution in [0.15, 0.2) is 0 Å². The molecule has 0 radical (unpaired) electrons. The first kappa shape index (κ1) is 15.4. The Kier molecular flexibility index (Phi) is 4.43. The van der Waals surface area contributed by atoms with E-state index in [2.05, 4.69) is 5.32 Å². The number of nitrogens with one attached hydrogen (secondary N) is 1. The van der Waals surface area contributed by atoms with Gasteiger partial charge in [-0.3, -0.25) is 10.1 Å². The predicted octanol–water partition coefficient (Wildman–Crippen LogP) is 0.614. The highest BCUT2D eigenvalue weighted by molar-refractivity contribution is 7.90. The molecule has 1 fully saturated rings. The van der Waals surface area contributed by atoms with Gasteiger partial charge in [0.25, 0.3) is 0 Å². The van der Waals surface area contributed by atoms with Crippen LogP contribution in [0.25, 0.3) is 0 Å². The van der Waals surface area contributed by atoms with E-state index in [9.17, 15) is 13.2 Å². The zero-order valence-corrected chi connectivity index (χ0v) is 12.7. The summed E-state index contributed by atoms with van der Waals surface area (Å²) in [6, 6.07) is 0. The molecule has 1 aliphatic heterocycles. The van der Waals surface area contributed by atoms with E-state index in [1.165, 1.54) is 6.26 Å². The van der Waals surface area contributed by atoms with E-state index >= 15 is 0 Å². The molecule has 1 saturated heterocycles. The Morgan fingerprint density at radius 3 is 2.39 bits per heavy atom. The van der Waals surface area contributed by atoms with Crippen molar-refractivity contribution in [1.82, 2.24) is 10.2 Å². The van der Waals surface area contributed by atoms with Gasteiger partial charge in [-0.2, -0.15) is 0 Å². The first-order chi connectivity index (χ1) is 8.10. The van der Waals surface area contributed by atoms with Crippen molar-refractivity contribution in [3.8, 4) is 0 Å². The average molecular weight is 276 g/mol. The third-order valence-electron chi connectivity index (χ3n) is 3.58. The standard InChI is InChI=1S/C12H24N2O3S/c1-6-12(4)11(15)14(7-8-18(5,16)17)10(13-12)9(2)3/h9-10,13H,6-8H2,1-5H3. The van der Waals surface area contributed by atoms with Gasteiger partial charge in [0.15, 0.2) is 0 Å². The van der Waals surface area contributed by atoms with E-state index in [-0.39, 0.29) is 30.3 Å². The summed E-state index contributed by atoms with van der Waals surface area (Å²) in [4.78, 5) is 14.0. The Hall–Kier alpha value is -0.620. The van der Waals surface area contributed by atoms with Gasteiger partial charge < -0.3 is 4.90 Å². The SMILES string of the molecule is CCC1(C)NC(C(C)C)N(CCS(C)(=O)=O)C1=O. The molecule has 0 bridgehead atoms. The van der Waals surface area contributed by atoms with Crippen LogP contribution >= 0.6 is 0 Å². The maximum Gasteiger partial charge on any atom is 0.243 e. The molecule has 0 aliphatic carbocycles. The Labute approximate surface area is 110 Å². The molecule has 0 aromatic heterocycles. The highest BCUT2D eigenvalue weighted by Gasteiger charge is 2.47. The molecule has 1 aliphatic rings. The molecule has 0 aromatic rings. The van der Waals surface area contributed by atoms with Crippen LogP contribution in [-0.4, -0.2) is 49.5 Å². The minimum Gasteiger partial charge on any atom is -0.324 e. The van der Waals surface area contributed by atoms with E-state index in [1.54, 1.807) is 4.90 Å². The van der Waals surface area contributed by atoms with Crippen molar-refractivity contribution in [3.05, 3.63) is 0 Å². The van der Waals surface area contributed by atoms with Crippen molar-refractivity contribution in [3.63, 3.8) is 0 Å². The summed E-state index contributed by atoms with van der Waals surface area (Å²) in [5.74, 6) is 0.276. The Morgan fingerprint density at radius 2 is 2.00 bits per heavy atom. The van der Waals surface area contributed by atoms with Crippen LogP contribution in [0.2, 0.25) is 0 Å². The van der Waals surface area contributed by atoms with Gasteiger partial charge in [0.05, 0.1) is 17.5 Å². The van der Waals surface area contributed by atoms with Crippen LogP contribution in [0.1, 0.15) is 34.1 Å². The Morgan fingerprint density at radius 1 is 1.44 bits per heavy atom. The van der Waals surface area contributed by atoms with Crippen LogP contribution in [0.4, 0.5) is 0 Å². The van der Waals surface area contributed by atoms with Gasteiger partial charge >= 0.3 is 0 Å². The summed E-state index contributed by atoms with van der Waals surface area (Å²) in [5.41, 5.74) is -0.563. The van der Waals surface area contributed by atoms with E-state index in [4.69, 9.17) is 0 Å². The second-order valence-corrected chi connectivity index (χ2v) is 7.91. The van der Waals surface area contributed by atoms with Crippen molar-refractivity contribution >= 4 is 15.7 Å². The number of carbonyl (C=O) groups is 1. The summed E-state index contributed by atoms with van der Waals surface area (Å²) < 4.78 is 22.5. The largest absolute Gasteiger partial charge is 0.324 e. The quantitative estimate of drug-likeness (QED) is 0.799. The second kappa shape index (κ2) is 5.17. The summed E-state index contributed by atoms with van der Waals surface area (Å²) in [5, 5.41) is 3.33. The number of amides is 1. The molecule has 6 heteroatoms. The van der Waals surface area contributed by atoms with E-state index in [0.717, 1.165) is 0 Å². The molecule has 106 valence electrons. The van der Waals surface area contributed by atoms with Crippen molar-refractivity contribution in [2.75, 3.05) is 18.6 Å². The summed E-state index contributed by atoms with van der Waals surface area (Å²) >= 11 is 0. The topological polar surface area (TPSA) is 66.5 Å². The van der Waals surface area contributed by atoms with Gasteiger partial charge in [-0.1, -0.05) is 20.8 Å². The Bertz CT molecular complexity index is 419. The lowest BCUT2D eigenvalue weighted by Gasteiger charge is -2.26. The minimum absolute atomic E-state index is 0.00681. The normalized spacial score (nSPS) is 29.3. The second-order valence-electron chi connectivity index (χ2n) is 5.65. The summed E-state index contributed by atoms with van der Waals surface area (Å²) in [6.45, 7) is 8.16. The van der Waals surface area contributed by atoms with Crippen molar-refractivity contribution in [2.45, 2.75) is 45.8 Å². The van der Waals surface area contributed by atoms with E-state index in [1.807, 2.05) is 27.7 Å². The van der Waals surface area contributed by atoms with Gasteiger partial charge in [0.2, 0.25) is 5.91 Å². The molecule has 1 amide bonds. The van der Waals surface area contributed by atoms with Crippen LogP contribution < -0.4 is 5.32 Å². The third-order valence-corrected chi connectivity index (χ3v) is 4.50. The fraction of sp³-hybridized carbons (Fsp3) is 0.917. The highest BCUT2D eigenvalue weighted by atomic mass is 32.2. The molecule has 2 atom stereocenters. The molecule has 1 rings (SSSR count). The smallest absolute Gasteiger partial charge is 0.243 e. The van der Waals surface area contributed by atoms with Gasteiger partial charge in [-0.05, 0) is 19.3 Å². The van der Waals surface area contributed by atoms with Crippen LogP contribution in [0.3, 0.4) is 0 Å². The zero-order valence-electron chi connectivity index (χ0n) is 11.9. The lowest BCUT2D eigenvalue weighted by atomic mass is 9.99. The number of sulfone groups is 1. The number of nitrogens with zero attached hydrogens (tertiary/aromatic N) is 1. The zero-order chi connectivity index (χ0) is 14.1. The fourth-order valence-electron chi connectivity index (χ4n) is 2.19.